The summed E-state index contributed by atoms with van der Waals surface area (Å²) in [5.74, 6) is -0.754. The zero-order chi connectivity index (χ0) is 17.3. The van der Waals surface area contributed by atoms with Crippen LogP contribution < -0.4 is 4.74 Å². The summed E-state index contributed by atoms with van der Waals surface area (Å²) in [4.78, 5) is 37.8. The van der Waals surface area contributed by atoms with Gasteiger partial charge in [-0.1, -0.05) is 18.2 Å². The topological polar surface area (TPSA) is 83.9 Å². The molecule has 2 aliphatic heterocycles. The molecule has 1 amide bonds. The normalized spacial score (nSPS) is 30.5. The van der Waals surface area contributed by atoms with Gasteiger partial charge in [0.2, 0.25) is 0 Å². The highest BCUT2D eigenvalue weighted by Gasteiger charge is 2.55. The maximum Gasteiger partial charge on any atom is 0.266 e. The third-order valence-electron chi connectivity index (χ3n) is 4.79. The number of ether oxygens (including phenoxy) is 1. The van der Waals surface area contributed by atoms with Crippen molar-refractivity contribution in [2.24, 2.45) is 5.92 Å². The van der Waals surface area contributed by atoms with Gasteiger partial charge in [-0.3, -0.25) is 14.4 Å². The Balaban J connectivity index is 1.84. The zero-order valence-corrected chi connectivity index (χ0v) is 13.6. The maximum absolute atomic E-state index is 12.4. The zero-order valence-electron chi connectivity index (χ0n) is 13.6. The smallest absolute Gasteiger partial charge is 0.266 e. The summed E-state index contributed by atoms with van der Waals surface area (Å²) in [6.07, 6.45) is -1.05. The predicted octanol–water partition coefficient (Wildman–Crippen LogP) is 0.964. The van der Waals surface area contributed by atoms with Crippen LogP contribution in [-0.2, 0) is 14.4 Å². The van der Waals surface area contributed by atoms with Gasteiger partial charge in [0, 0.05) is 19.4 Å². The number of hydrogen-bond acceptors (Lipinski definition) is 5. The van der Waals surface area contributed by atoms with E-state index in [-0.39, 0.29) is 23.9 Å². The van der Waals surface area contributed by atoms with E-state index in [1.807, 2.05) is 6.07 Å². The van der Waals surface area contributed by atoms with Crippen molar-refractivity contribution in [1.82, 2.24) is 4.90 Å². The molecule has 2 fully saturated rings. The average molecular weight is 331 g/mol. The Hall–Kier alpha value is -2.21. The summed E-state index contributed by atoms with van der Waals surface area (Å²) < 4.78 is 5.75. The van der Waals surface area contributed by atoms with E-state index >= 15 is 0 Å². The molecule has 2 saturated heterocycles. The first-order valence-corrected chi connectivity index (χ1v) is 8.21. The fourth-order valence-electron chi connectivity index (χ4n) is 3.46. The molecule has 128 valence electrons. The summed E-state index contributed by atoms with van der Waals surface area (Å²) in [5.41, 5.74) is 0. The molecule has 0 aliphatic carbocycles. The van der Waals surface area contributed by atoms with Gasteiger partial charge in [-0.15, -0.1) is 0 Å². The standard InChI is InChI=1S/C18H21NO5/c1-11(20)14-10-12(21)6-5-9-19-15(16(14)22)17(18(19)23)24-13-7-3-2-4-8-13/h2-4,7-8,14-17,22H,5-6,9-10H2,1H3/t14-,15-,16+,17+/m0/s1. The van der Waals surface area contributed by atoms with E-state index in [9.17, 15) is 19.5 Å². The molecule has 0 spiro atoms. The Bertz CT molecular complexity index is 644. The molecule has 1 N–H and O–H groups in total. The fraction of sp³-hybridized carbons (Fsp3) is 0.500. The molecular weight excluding hydrogens is 310 g/mol. The molecule has 24 heavy (non-hydrogen) atoms. The molecule has 0 aromatic heterocycles. The van der Waals surface area contributed by atoms with E-state index in [2.05, 4.69) is 0 Å². The quantitative estimate of drug-likeness (QED) is 0.834. The van der Waals surface area contributed by atoms with Crippen LogP contribution in [0.2, 0.25) is 0 Å². The van der Waals surface area contributed by atoms with Crippen LogP contribution in [0.3, 0.4) is 0 Å². The van der Waals surface area contributed by atoms with Crippen molar-refractivity contribution in [3.63, 3.8) is 0 Å². The number of rotatable bonds is 3. The highest BCUT2D eigenvalue weighted by atomic mass is 16.5. The van der Waals surface area contributed by atoms with Crippen molar-refractivity contribution in [3.05, 3.63) is 30.3 Å². The number of ketones is 2. The minimum absolute atomic E-state index is 0.0209. The summed E-state index contributed by atoms with van der Waals surface area (Å²) in [6, 6.07) is 8.32. The molecule has 6 nitrogen and oxygen atoms in total. The molecule has 4 atom stereocenters. The Labute approximate surface area is 140 Å². The number of fused-ring (bicyclic) bond motifs is 1. The number of benzene rings is 1. The molecule has 0 radical (unpaired) electrons. The van der Waals surface area contributed by atoms with Gasteiger partial charge in [0.1, 0.15) is 23.4 Å². The molecule has 3 rings (SSSR count). The molecular formula is C18H21NO5. The van der Waals surface area contributed by atoms with Crippen molar-refractivity contribution in [1.29, 1.82) is 0 Å². The summed E-state index contributed by atoms with van der Waals surface area (Å²) in [7, 11) is 0. The van der Waals surface area contributed by atoms with E-state index in [1.165, 1.54) is 11.8 Å². The second-order valence-corrected chi connectivity index (χ2v) is 6.43. The van der Waals surface area contributed by atoms with Gasteiger partial charge in [-0.05, 0) is 25.5 Å². The minimum Gasteiger partial charge on any atom is -0.478 e. The van der Waals surface area contributed by atoms with Crippen molar-refractivity contribution in [2.45, 2.75) is 44.4 Å². The number of carbonyl (C=O) groups is 3. The predicted molar refractivity (Wildman–Crippen MR) is 85.4 cm³/mol. The lowest BCUT2D eigenvalue weighted by Crippen LogP contribution is -2.72. The van der Waals surface area contributed by atoms with E-state index in [0.29, 0.717) is 25.1 Å². The lowest BCUT2D eigenvalue weighted by Gasteiger charge is -2.49. The Morgan fingerprint density at radius 3 is 2.62 bits per heavy atom. The Morgan fingerprint density at radius 1 is 1.25 bits per heavy atom. The van der Waals surface area contributed by atoms with E-state index < -0.39 is 24.2 Å². The number of hydrogen-bond donors (Lipinski definition) is 1. The average Bonchev–Trinajstić information content (AvgIpc) is 2.62. The number of amides is 1. The van der Waals surface area contributed by atoms with Crippen LogP contribution in [0, 0.1) is 5.92 Å². The van der Waals surface area contributed by atoms with Crippen LogP contribution in [0.1, 0.15) is 26.2 Å². The SMILES string of the molecule is CC(=O)[C@@H]1CC(=O)CCCN2C(=O)[C@H](Oc3ccccc3)[C@@H]2[C@@H]1O. The van der Waals surface area contributed by atoms with Crippen LogP contribution in [0.25, 0.3) is 0 Å². The van der Waals surface area contributed by atoms with Crippen molar-refractivity contribution < 1.29 is 24.2 Å². The van der Waals surface area contributed by atoms with Crippen LogP contribution in [0.15, 0.2) is 30.3 Å². The number of Topliss-reactive ketones (excluding diaryl/α,β-unsaturated/α-hetero) is 2. The molecule has 1 aromatic carbocycles. The van der Waals surface area contributed by atoms with Gasteiger partial charge in [0.15, 0.2) is 6.10 Å². The molecule has 6 heteroatoms. The lowest BCUT2D eigenvalue weighted by atomic mass is 9.82. The molecule has 2 heterocycles. The first kappa shape index (κ1) is 16.6. The van der Waals surface area contributed by atoms with E-state index in [0.717, 1.165) is 0 Å². The minimum atomic E-state index is -1.10. The van der Waals surface area contributed by atoms with E-state index in [4.69, 9.17) is 4.74 Å². The monoisotopic (exact) mass is 331 g/mol. The van der Waals surface area contributed by atoms with Gasteiger partial charge in [-0.25, -0.2) is 0 Å². The Kier molecular flexibility index (Phi) is 4.66. The van der Waals surface area contributed by atoms with Gasteiger partial charge in [0.25, 0.3) is 5.91 Å². The second-order valence-electron chi connectivity index (χ2n) is 6.43. The second kappa shape index (κ2) is 6.73. The molecule has 0 unspecified atom stereocenters. The van der Waals surface area contributed by atoms with Crippen molar-refractivity contribution in [3.8, 4) is 5.75 Å². The van der Waals surface area contributed by atoms with Gasteiger partial charge >= 0.3 is 0 Å². The highest BCUT2D eigenvalue weighted by Crippen LogP contribution is 2.33. The van der Waals surface area contributed by atoms with Gasteiger partial charge in [0.05, 0.1) is 12.0 Å². The number of para-hydroxylation sites is 1. The molecule has 0 bridgehead atoms. The highest BCUT2D eigenvalue weighted by molar-refractivity contribution is 5.91. The molecule has 0 saturated carbocycles. The number of β-lactam (4-membered cyclic amide) rings is 1. The number of aliphatic hydroxyl groups is 1. The number of carbonyl (C=O) groups excluding carboxylic acids is 3. The van der Waals surface area contributed by atoms with Gasteiger partial charge in [-0.2, -0.15) is 0 Å². The largest absolute Gasteiger partial charge is 0.478 e. The van der Waals surface area contributed by atoms with Crippen molar-refractivity contribution >= 4 is 17.5 Å². The van der Waals surface area contributed by atoms with Gasteiger partial charge < -0.3 is 14.7 Å². The first-order valence-electron chi connectivity index (χ1n) is 8.21. The number of aliphatic hydroxyl groups excluding tert-OH is 1. The first-order chi connectivity index (χ1) is 11.5. The van der Waals surface area contributed by atoms with Crippen LogP contribution in [0.5, 0.6) is 5.75 Å². The molecule has 1 aromatic rings. The number of nitrogens with zero attached hydrogens (tertiary/aromatic N) is 1. The fourth-order valence-corrected chi connectivity index (χ4v) is 3.46. The third kappa shape index (κ3) is 3.06. The summed E-state index contributed by atoms with van der Waals surface area (Å²) in [6.45, 7) is 1.77. The van der Waals surface area contributed by atoms with Crippen LogP contribution in [0.4, 0.5) is 0 Å². The van der Waals surface area contributed by atoms with Crippen LogP contribution in [-0.4, -0.2) is 52.3 Å². The summed E-state index contributed by atoms with van der Waals surface area (Å²) in [5, 5.41) is 10.7. The maximum atomic E-state index is 12.4. The summed E-state index contributed by atoms with van der Waals surface area (Å²) >= 11 is 0. The lowest BCUT2D eigenvalue weighted by molar-refractivity contribution is -0.176. The Morgan fingerprint density at radius 2 is 1.96 bits per heavy atom. The van der Waals surface area contributed by atoms with E-state index in [1.54, 1.807) is 24.3 Å². The third-order valence-corrected chi connectivity index (χ3v) is 4.79. The van der Waals surface area contributed by atoms with Crippen LogP contribution >= 0.6 is 0 Å². The van der Waals surface area contributed by atoms with Crippen molar-refractivity contribution in [2.75, 3.05) is 6.54 Å². The molecule has 2 aliphatic rings.